The molecule has 0 aliphatic rings. The molecule has 1 aromatic carbocycles. The highest BCUT2D eigenvalue weighted by Crippen LogP contribution is 2.18. The van der Waals surface area contributed by atoms with Crippen LogP contribution in [0.1, 0.15) is 6.92 Å². The van der Waals surface area contributed by atoms with Crippen molar-refractivity contribution < 1.29 is 0 Å². The molecule has 1 unspecified atom stereocenters. The number of hydrogen-bond donors (Lipinski definition) is 1. The number of terminal acetylenes is 1. The van der Waals surface area contributed by atoms with Gasteiger partial charge in [0.05, 0.1) is 11.6 Å². The molecule has 0 saturated heterocycles. The van der Waals surface area contributed by atoms with Gasteiger partial charge in [0.1, 0.15) is 12.1 Å². The van der Waals surface area contributed by atoms with Gasteiger partial charge in [0.15, 0.2) is 0 Å². The Kier molecular flexibility index (Phi) is 2.51. The Morgan fingerprint density at radius 3 is 2.93 bits per heavy atom. The molecular formula is C12H11N3. The summed E-state index contributed by atoms with van der Waals surface area (Å²) in [6.07, 6.45) is 6.84. The first kappa shape index (κ1) is 9.47. The molecule has 1 heterocycles. The van der Waals surface area contributed by atoms with Gasteiger partial charge in [-0.1, -0.05) is 18.1 Å². The number of aromatic nitrogens is 2. The molecule has 3 heteroatoms. The Hall–Kier alpha value is -2.08. The lowest BCUT2D eigenvalue weighted by Crippen LogP contribution is -2.13. The zero-order valence-corrected chi connectivity index (χ0v) is 8.44. The highest BCUT2D eigenvalue weighted by Gasteiger charge is 2.03. The molecule has 1 N–H and O–H groups in total. The fraction of sp³-hybridized carbons (Fsp3) is 0.167. The number of hydrogen-bond acceptors (Lipinski definition) is 3. The van der Waals surface area contributed by atoms with E-state index in [1.54, 1.807) is 0 Å². The molecule has 0 amide bonds. The van der Waals surface area contributed by atoms with E-state index in [1.807, 2.05) is 31.2 Å². The van der Waals surface area contributed by atoms with E-state index in [0.717, 1.165) is 16.7 Å². The monoisotopic (exact) mass is 197 g/mol. The summed E-state index contributed by atoms with van der Waals surface area (Å²) in [5.74, 6) is 3.39. The number of anilines is 1. The van der Waals surface area contributed by atoms with Crippen molar-refractivity contribution in [1.82, 2.24) is 9.97 Å². The summed E-state index contributed by atoms with van der Waals surface area (Å²) in [6, 6.07) is 7.79. The predicted octanol–water partition coefficient (Wildman–Crippen LogP) is 2.06. The van der Waals surface area contributed by atoms with E-state index in [9.17, 15) is 0 Å². The molecule has 0 aliphatic carbocycles. The molecule has 0 aliphatic heterocycles. The van der Waals surface area contributed by atoms with Crippen LogP contribution in [0.2, 0.25) is 0 Å². The van der Waals surface area contributed by atoms with E-state index in [4.69, 9.17) is 6.42 Å². The molecule has 2 rings (SSSR count). The maximum Gasteiger partial charge on any atom is 0.138 e. The minimum absolute atomic E-state index is 0.0386. The Morgan fingerprint density at radius 2 is 2.13 bits per heavy atom. The average Bonchev–Trinajstić information content (AvgIpc) is 2.29. The minimum atomic E-state index is -0.0386. The number of rotatable bonds is 2. The standard InChI is InChI=1S/C12H11N3/c1-3-9(2)15-12-10-6-4-5-7-11(10)13-8-14-12/h1,4-9H,2H3,(H,13,14,15). The molecule has 0 spiro atoms. The zero-order valence-electron chi connectivity index (χ0n) is 8.44. The third-order valence-corrected chi connectivity index (χ3v) is 2.15. The van der Waals surface area contributed by atoms with Crippen molar-refractivity contribution >= 4 is 16.7 Å². The second-order valence-electron chi connectivity index (χ2n) is 3.27. The maximum atomic E-state index is 5.31. The van der Waals surface area contributed by atoms with Crippen LogP contribution in [-0.2, 0) is 0 Å². The second kappa shape index (κ2) is 3.97. The first-order valence-corrected chi connectivity index (χ1v) is 4.73. The highest BCUT2D eigenvalue weighted by atomic mass is 15.0. The third kappa shape index (κ3) is 1.89. The summed E-state index contributed by atoms with van der Waals surface area (Å²) in [7, 11) is 0. The Labute approximate surface area is 88.6 Å². The number of nitrogens with zero attached hydrogens (tertiary/aromatic N) is 2. The van der Waals surface area contributed by atoms with Crippen LogP contribution in [0.15, 0.2) is 30.6 Å². The van der Waals surface area contributed by atoms with Crippen molar-refractivity contribution in [2.45, 2.75) is 13.0 Å². The first-order chi connectivity index (χ1) is 7.31. The molecule has 0 bridgehead atoms. The zero-order chi connectivity index (χ0) is 10.7. The molecule has 15 heavy (non-hydrogen) atoms. The maximum absolute atomic E-state index is 5.31. The van der Waals surface area contributed by atoms with Gasteiger partial charge < -0.3 is 5.32 Å². The smallest absolute Gasteiger partial charge is 0.138 e. The van der Waals surface area contributed by atoms with E-state index >= 15 is 0 Å². The van der Waals surface area contributed by atoms with Gasteiger partial charge in [-0.3, -0.25) is 0 Å². The number of fused-ring (bicyclic) bond motifs is 1. The van der Waals surface area contributed by atoms with Gasteiger partial charge in [-0.05, 0) is 19.1 Å². The number of benzene rings is 1. The quantitative estimate of drug-likeness (QED) is 0.749. The second-order valence-corrected chi connectivity index (χ2v) is 3.27. The summed E-state index contributed by atoms with van der Waals surface area (Å²) in [6.45, 7) is 1.91. The van der Waals surface area contributed by atoms with Gasteiger partial charge in [-0.15, -0.1) is 6.42 Å². The van der Waals surface area contributed by atoms with Crippen LogP contribution in [0.3, 0.4) is 0 Å². The largest absolute Gasteiger partial charge is 0.356 e. The Morgan fingerprint density at radius 1 is 1.33 bits per heavy atom. The molecule has 3 nitrogen and oxygen atoms in total. The van der Waals surface area contributed by atoms with Crippen LogP contribution in [0.4, 0.5) is 5.82 Å². The van der Waals surface area contributed by atoms with Gasteiger partial charge in [-0.2, -0.15) is 0 Å². The van der Waals surface area contributed by atoms with E-state index in [1.165, 1.54) is 6.33 Å². The van der Waals surface area contributed by atoms with Crippen LogP contribution in [0, 0.1) is 12.3 Å². The van der Waals surface area contributed by atoms with E-state index in [2.05, 4.69) is 21.2 Å². The van der Waals surface area contributed by atoms with Crippen molar-refractivity contribution in [3.63, 3.8) is 0 Å². The Bertz CT molecular complexity index is 508. The van der Waals surface area contributed by atoms with E-state index in [0.29, 0.717) is 0 Å². The number of nitrogens with one attached hydrogen (secondary N) is 1. The summed E-state index contributed by atoms with van der Waals surface area (Å²) < 4.78 is 0. The lowest BCUT2D eigenvalue weighted by Gasteiger charge is -2.09. The van der Waals surface area contributed by atoms with Gasteiger partial charge in [-0.25, -0.2) is 9.97 Å². The van der Waals surface area contributed by atoms with Crippen molar-refractivity contribution in [2.75, 3.05) is 5.32 Å². The SMILES string of the molecule is C#CC(C)Nc1ncnc2ccccc12. The lowest BCUT2D eigenvalue weighted by atomic mass is 10.2. The highest BCUT2D eigenvalue weighted by molar-refractivity contribution is 5.88. The molecule has 1 atom stereocenters. The predicted molar refractivity (Wildman–Crippen MR) is 61.5 cm³/mol. The van der Waals surface area contributed by atoms with Crippen LogP contribution < -0.4 is 5.32 Å². The van der Waals surface area contributed by atoms with Gasteiger partial charge in [0, 0.05) is 5.39 Å². The van der Waals surface area contributed by atoms with Crippen molar-refractivity contribution in [1.29, 1.82) is 0 Å². The van der Waals surface area contributed by atoms with Gasteiger partial charge >= 0.3 is 0 Å². The fourth-order valence-electron chi connectivity index (χ4n) is 1.37. The molecule has 1 aromatic heterocycles. The van der Waals surface area contributed by atoms with Crippen LogP contribution in [-0.4, -0.2) is 16.0 Å². The summed E-state index contributed by atoms with van der Waals surface area (Å²) in [5.41, 5.74) is 0.916. The summed E-state index contributed by atoms with van der Waals surface area (Å²) in [4.78, 5) is 8.35. The minimum Gasteiger partial charge on any atom is -0.356 e. The van der Waals surface area contributed by atoms with Crippen molar-refractivity contribution in [3.8, 4) is 12.3 Å². The molecule has 2 aromatic rings. The van der Waals surface area contributed by atoms with Crippen molar-refractivity contribution in [3.05, 3.63) is 30.6 Å². The van der Waals surface area contributed by atoms with E-state index < -0.39 is 0 Å². The molecule has 0 saturated carbocycles. The van der Waals surface area contributed by atoms with Crippen LogP contribution >= 0.6 is 0 Å². The normalized spacial score (nSPS) is 12.0. The topological polar surface area (TPSA) is 37.8 Å². The van der Waals surface area contributed by atoms with Crippen molar-refractivity contribution in [2.24, 2.45) is 0 Å². The summed E-state index contributed by atoms with van der Waals surface area (Å²) >= 11 is 0. The average molecular weight is 197 g/mol. The fourth-order valence-corrected chi connectivity index (χ4v) is 1.37. The molecule has 74 valence electrons. The Balaban J connectivity index is 2.48. The molecular weight excluding hydrogens is 186 g/mol. The summed E-state index contributed by atoms with van der Waals surface area (Å²) in [5, 5.41) is 4.14. The molecule has 0 fully saturated rings. The van der Waals surface area contributed by atoms with E-state index in [-0.39, 0.29) is 6.04 Å². The lowest BCUT2D eigenvalue weighted by molar-refractivity contribution is 1.01. The third-order valence-electron chi connectivity index (χ3n) is 2.15. The number of para-hydroxylation sites is 1. The van der Waals surface area contributed by atoms with Crippen LogP contribution in [0.25, 0.3) is 10.9 Å². The first-order valence-electron chi connectivity index (χ1n) is 4.73. The molecule has 0 radical (unpaired) electrons. The van der Waals surface area contributed by atoms with Crippen LogP contribution in [0.5, 0.6) is 0 Å². The van der Waals surface area contributed by atoms with Gasteiger partial charge in [0.2, 0.25) is 0 Å². The van der Waals surface area contributed by atoms with Gasteiger partial charge in [0.25, 0.3) is 0 Å².